The van der Waals surface area contributed by atoms with Crippen LogP contribution in [-0.2, 0) is 11.3 Å². The lowest BCUT2D eigenvalue weighted by atomic mass is 10.2. The monoisotopic (exact) mass is 227 g/mol. The summed E-state index contributed by atoms with van der Waals surface area (Å²) in [5, 5.41) is -0.291. The van der Waals surface area contributed by atoms with Gasteiger partial charge >= 0.3 is 0 Å². The van der Waals surface area contributed by atoms with Crippen molar-refractivity contribution in [1.29, 1.82) is 0 Å². The van der Waals surface area contributed by atoms with Gasteiger partial charge in [-0.25, -0.2) is 9.37 Å². The zero-order valence-corrected chi connectivity index (χ0v) is 9.73. The normalized spacial score (nSPS) is 17.8. The molecule has 1 saturated carbocycles. The predicted octanol–water partition coefficient (Wildman–Crippen LogP) is 3.09. The van der Waals surface area contributed by atoms with Crippen molar-refractivity contribution in [3.05, 3.63) is 23.4 Å². The number of aryl methyl sites for hydroxylation is 1. The molecular weight excluding hydrogens is 213 g/mol. The summed E-state index contributed by atoms with van der Waals surface area (Å²) in [5.41, 5.74) is 2.12. The van der Waals surface area contributed by atoms with Crippen LogP contribution in [0.5, 0.6) is 0 Å². The Morgan fingerprint density at radius 1 is 1.60 bits per heavy atom. The molecule has 0 saturated heterocycles. The SMILES string of the molecule is COCc1c(C)ccnc1SC1(F)CC1. The highest BCUT2D eigenvalue weighted by Crippen LogP contribution is 2.53. The molecule has 4 heteroatoms. The fourth-order valence-corrected chi connectivity index (χ4v) is 2.45. The first-order valence-corrected chi connectivity index (χ1v) is 5.78. The minimum absolute atomic E-state index is 0.498. The summed E-state index contributed by atoms with van der Waals surface area (Å²) in [7, 11) is 1.64. The van der Waals surface area contributed by atoms with Gasteiger partial charge in [-0.05, 0) is 31.4 Å². The molecule has 0 aromatic carbocycles. The minimum atomic E-state index is -1.07. The lowest BCUT2D eigenvalue weighted by molar-refractivity contribution is 0.181. The quantitative estimate of drug-likeness (QED) is 0.789. The molecule has 82 valence electrons. The van der Waals surface area contributed by atoms with Crippen molar-refractivity contribution in [2.75, 3.05) is 7.11 Å². The summed E-state index contributed by atoms with van der Waals surface area (Å²) in [4.78, 5) is 4.23. The van der Waals surface area contributed by atoms with E-state index in [0.717, 1.165) is 16.2 Å². The molecule has 1 aliphatic carbocycles. The van der Waals surface area contributed by atoms with Crippen LogP contribution in [0, 0.1) is 6.92 Å². The first-order chi connectivity index (χ1) is 7.14. The highest BCUT2D eigenvalue weighted by Gasteiger charge is 2.45. The fourth-order valence-electron chi connectivity index (χ4n) is 1.35. The zero-order valence-electron chi connectivity index (χ0n) is 8.92. The molecule has 0 aliphatic heterocycles. The van der Waals surface area contributed by atoms with Gasteiger partial charge < -0.3 is 4.74 Å². The lowest BCUT2D eigenvalue weighted by Gasteiger charge is -2.11. The number of nitrogens with zero attached hydrogens (tertiary/aromatic N) is 1. The Hall–Kier alpha value is -0.610. The number of rotatable bonds is 4. The molecule has 0 spiro atoms. The molecular formula is C11H14FNOS. The summed E-state index contributed by atoms with van der Waals surface area (Å²) in [6, 6.07) is 1.93. The molecule has 0 atom stereocenters. The van der Waals surface area contributed by atoms with Gasteiger partial charge in [-0.2, -0.15) is 0 Å². The molecule has 1 heterocycles. The van der Waals surface area contributed by atoms with E-state index in [-0.39, 0.29) is 0 Å². The molecule has 0 amide bonds. The second-order valence-electron chi connectivity index (χ2n) is 3.83. The van der Waals surface area contributed by atoms with Crippen LogP contribution in [0.15, 0.2) is 17.3 Å². The van der Waals surface area contributed by atoms with E-state index in [9.17, 15) is 4.39 Å². The van der Waals surface area contributed by atoms with E-state index in [2.05, 4.69) is 4.98 Å². The van der Waals surface area contributed by atoms with Crippen molar-refractivity contribution >= 4 is 11.8 Å². The van der Waals surface area contributed by atoms with E-state index in [1.54, 1.807) is 13.3 Å². The molecule has 1 fully saturated rings. The average molecular weight is 227 g/mol. The van der Waals surface area contributed by atoms with E-state index in [4.69, 9.17) is 4.74 Å². The molecule has 1 aromatic heterocycles. The Balaban J connectivity index is 2.24. The average Bonchev–Trinajstić information content (AvgIpc) is 2.90. The topological polar surface area (TPSA) is 22.1 Å². The standard InChI is InChI=1S/C11H14FNOS/c1-8-3-6-13-10(9(8)7-14-2)15-11(12)4-5-11/h3,6H,4-5,7H2,1-2H3. The highest BCUT2D eigenvalue weighted by molar-refractivity contribution is 8.00. The van der Waals surface area contributed by atoms with Crippen LogP contribution in [0.2, 0.25) is 0 Å². The van der Waals surface area contributed by atoms with Crippen molar-refractivity contribution in [3.8, 4) is 0 Å². The minimum Gasteiger partial charge on any atom is -0.380 e. The Morgan fingerprint density at radius 3 is 2.93 bits per heavy atom. The van der Waals surface area contributed by atoms with Crippen LogP contribution < -0.4 is 0 Å². The maximum atomic E-state index is 13.6. The number of alkyl halides is 1. The van der Waals surface area contributed by atoms with Crippen LogP contribution in [0.4, 0.5) is 4.39 Å². The first-order valence-electron chi connectivity index (χ1n) is 4.96. The van der Waals surface area contributed by atoms with Gasteiger partial charge in [0.15, 0.2) is 5.00 Å². The largest absolute Gasteiger partial charge is 0.380 e. The molecule has 0 radical (unpaired) electrons. The molecule has 0 unspecified atom stereocenters. The van der Waals surface area contributed by atoms with E-state index in [1.807, 2.05) is 13.0 Å². The van der Waals surface area contributed by atoms with Crippen molar-refractivity contribution in [2.24, 2.45) is 0 Å². The van der Waals surface area contributed by atoms with Gasteiger partial charge in [0.1, 0.15) is 5.03 Å². The van der Waals surface area contributed by atoms with Crippen molar-refractivity contribution in [3.63, 3.8) is 0 Å². The number of halogens is 1. The zero-order chi connectivity index (χ0) is 10.9. The fraction of sp³-hybridized carbons (Fsp3) is 0.545. The van der Waals surface area contributed by atoms with Gasteiger partial charge in [-0.1, -0.05) is 11.8 Å². The summed E-state index contributed by atoms with van der Waals surface area (Å²) in [6.07, 6.45) is 3.00. The molecule has 0 N–H and O–H groups in total. The summed E-state index contributed by atoms with van der Waals surface area (Å²) in [5.74, 6) is 0. The van der Waals surface area contributed by atoms with Crippen LogP contribution in [0.1, 0.15) is 24.0 Å². The van der Waals surface area contributed by atoms with Crippen LogP contribution in [0.25, 0.3) is 0 Å². The maximum absolute atomic E-state index is 13.6. The molecule has 15 heavy (non-hydrogen) atoms. The van der Waals surface area contributed by atoms with E-state index in [1.165, 1.54) is 11.8 Å². The van der Waals surface area contributed by atoms with Gasteiger partial charge in [-0.3, -0.25) is 0 Å². The second-order valence-corrected chi connectivity index (χ2v) is 5.15. The van der Waals surface area contributed by atoms with E-state index in [0.29, 0.717) is 19.4 Å². The van der Waals surface area contributed by atoms with Crippen molar-refractivity contribution < 1.29 is 9.13 Å². The van der Waals surface area contributed by atoms with Crippen LogP contribution in [0.3, 0.4) is 0 Å². The predicted molar refractivity (Wildman–Crippen MR) is 58.6 cm³/mol. The summed E-state index contributed by atoms with van der Waals surface area (Å²) in [6.45, 7) is 2.50. The Morgan fingerprint density at radius 2 is 2.33 bits per heavy atom. The number of methoxy groups -OCH3 is 1. The van der Waals surface area contributed by atoms with Crippen LogP contribution >= 0.6 is 11.8 Å². The Bertz CT molecular complexity index is 366. The molecule has 1 aromatic rings. The van der Waals surface area contributed by atoms with Gasteiger partial charge in [0, 0.05) is 18.9 Å². The molecule has 2 nitrogen and oxygen atoms in total. The van der Waals surface area contributed by atoms with Crippen molar-refractivity contribution in [1.82, 2.24) is 4.98 Å². The van der Waals surface area contributed by atoms with Crippen molar-refractivity contribution in [2.45, 2.75) is 36.4 Å². The Labute approximate surface area is 93.2 Å². The van der Waals surface area contributed by atoms with Gasteiger partial charge in [0.05, 0.1) is 6.61 Å². The second kappa shape index (κ2) is 4.10. The van der Waals surface area contributed by atoms with Gasteiger partial charge in [0.25, 0.3) is 0 Å². The van der Waals surface area contributed by atoms with E-state index < -0.39 is 5.00 Å². The number of hydrogen-bond acceptors (Lipinski definition) is 3. The summed E-state index contributed by atoms with van der Waals surface area (Å²) >= 11 is 1.23. The maximum Gasteiger partial charge on any atom is 0.162 e. The smallest absolute Gasteiger partial charge is 0.162 e. The number of pyridine rings is 1. The third kappa shape index (κ3) is 2.49. The van der Waals surface area contributed by atoms with Gasteiger partial charge in [-0.15, -0.1) is 0 Å². The van der Waals surface area contributed by atoms with E-state index >= 15 is 0 Å². The number of ether oxygens (including phenoxy) is 1. The first kappa shape index (κ1) is 10.9. The number of thioether (sulfide) groups is 1. The Kier molecular flexibility index (Phi) is 2.98. The van der Waals surface area contributed by atoms with Gasteiger partial charge in [0.2, 0.25) is 0 Å². The molecule has 2 rings (SSSR count). The lowest BCUT2D eigenvalue weighted by Crippen LogP contribution is -2.00. The third-order valence-electron chi connectivity index (χ3n) is 2.46. The number of aromatic nitrogens is 1. The molecule has 0 bridgehead atoms. The number of hydrogen-bond donors (Lipinski definition) is 0. The third-order valence-corrected chi connectivity index (χ3v) is 3.78. The summed E-state index contributed by atoms with van der Waals surface area (Å²) < 4.78 is 18.7. The van der Waals surface area contributed by atoms with Crippen LogP contribution in [-0.4, -0.2) is 17.1 Å². The molecule has 1 aliphatic rings. The highest BCUT2D eigenvalue weighted by atomic mass is 32.2.